The van der Waals surface area contributed by atoms with Gasteiger partial charge in [0.15, 0.2) is 0 Å². The van der Waals surface area contributed by atoms with E-state index in [0.29, 0.717) is 17.9 Å². The number of sulfonamides is 1. The van der Waals surface area contributed by atoms with Crippen molar-refractivity contribution < 1.29 is 22.7 Å². The number of hydrogen-bond donors (Lipinski definition) is 1. The van der Waals surface area contributed by atoms with Crippen LogP contribution in [0, 0.1) is 0 Å². The number of nitrogens with zero attached hydrogens (tertiary/aromatic N) is 2. The van der Waals surface area contributed by atoms with Gasteiger partial charge in [-0.15, -0.1) is 0 Å². The van der Waals surface area contributed by atoms with E-state index in [1.165, 1.54) is 36.3 Å². The highest BCUT2D eigenvalue weighted by molar-refractivity contribution is 7.92. The molecule has 44 heavy (non-hydrogen) atoms. The summed E-state index contributed by atoms with van der Waals surface area (Å²) in [5.74, 6) is -0.409. The Kier molecular flexibility index (Phi) is 11.3. The highest BCUT2D eigenvalue weighted by Crippen LogP contribution is 2.35. The van der Waals surface area contributed by atoms with E-state index in [9.17, 15) is 18.0 Å². The first kappa shape index (κ1) is 32.9. The molecule has 2 amide bonds. The second-order valence-corrected chi connectivity index (χ2v) is 12.5. The van der Waals surface area contributed by atoms with Crippen molar-refractivity contribution in [3.05, 3.63) is 124 Å². The number of carbonyl (C=O) groups is 2. The SMILES string of the molecule is CCNC(=O)C(Cc1ccccc1)N(Cc1cccc(OC)c1)C(=O)CN(c1cccc(Cl)c1Cl)S(=O)(=O)c1ccccc1. The Morgan fingerprint density at radius 1 is 0.864 bits per heavy atom. The van der Waals surface area contributed by atoms with Crippen molar-refractivity contribution in [2.45, 2.75) is 30.8 Å². The maximum Gasteiger partial charge on any atom is 0.264 e. The van der Waals surface area contributed by atoms with Crippen molar-refractivity contribution in [3.8, 4) is 5.75 Å². The van der Waals surface area contributed by atoms with Gasteiger partial charge in [0.1, 0.15) is 18.3 Å². The molecule has 1 unspecified atom stereocenters. The highest BCUT2D eigenvalue weighted by atomic mass is 35.5. The molecule has 0 heterocycles. The first-order valence-corrected chi connectivity index (χ1v) is 16.1. The molecule has 0 aliphatic rings. The zero-order valence-electron chi connectivity index (χ0n) is 24.3. The first-order valence-electron chi connectivity index (χ1n) is 13.9. The van der Waals surface area contributed by atoms with Crippen molar-refractivity contribution in [1.82, 2.24) is 10.2 Å². The van der Waals surface area contributed by atoms with E-state index < -0.39 is 28.5 Å². The number of halogens is 2. The van der Waals surface area contributed by atoms with Crippen molar-refractivity contribution in [1.29, 1.82) is 0 Å². The lowest BCUT2D eigenvalue weighted by atomic mass is 10.0. The number of rotatable bonds is 13. The Morgan fingerprint density at radius 3 is 2.16 bits per heavy atom. The van der Waals surface area contributed by atoms with Crippen LogP contribution in [0.2, 0.25) is 10.0 Å². The summed E-state index contributed by atoms with van der Waals surface area (Å²) in [6.07, 6.45) is 0.200. The van der Waals surface area contributed by atoms with Crippen molar-refractivity contribution in [2.75, 3.05) is 24.5 Å². The Morgan fingerprint density at radius 2 is 1.50 bits per heavy atom. The van der Waals surface area contributed by atoms with Crippen LogP contribution in [-0.2, 0) is 32.6 Å². The third-order valence-electron chi connectivity index (χ3n) is 6.92. The number of nitrogens with one attached hydrogen (secondary N) is 1. The van der Waals surface area contributed by atoms with Crippen LogP contribution in [0.15, 0.2) is 108 Å². The second-order valence-electron chi connectivity index (χ2n) is 9.87. The molecule has 0 aromatic heterocycles. The van der Waals surface area contributed by atoms with E-state index in [1.807, 2.05) is 36.4 Å². The molecule has 0 bridgehead atoms. The molecule has 0 spiro atoms. The smallest absolute Gasteiger partial charge is 0.264 e. The predicted octanol–water partition coefficient (Wildman–Crippen LogP) is 5.97. The van der Waals surface area contributed by atoms with Gasteiger partial charge in [-0.1, -0.05) is 89.9 Å². The molecule has 0 saturated heterocycles. The highest BCUT2D eigenvalue weighted by Gasteiger charge is 2.35. The third kappa shape index (κ3) is 7.91. The van der Waals surface area contributed by atoms with E-state index >= 15 is 0 Å². The van der Waals surface area contributed by atoms with E-state index in [4.69, 9.17) is 27.9 Å². The fourth-order valence-electron chi connectivity index (χ4n) is 4.73. The van der Waals surface area contributed by atoms with Gasteiger partial charge in [-0.25, -0.2) is 8.42 Å². The minimum Gasteiger partial charge on any atom is -0.497 e. The summed E-state index contributed by atoms with van der Waals surface area (Å²) >= 11 is 12.8. The zero-order chi connectivity index (χ0) is 31.7. The van der Waals surface area contributed by atoms with Crippen LogP contribution in [0.5, 0.6) is 5.75 Å². The number of ether oxygens (including phenoxy) is 1. The molecular weight excluding hydrogens is 621 g/mol. The number of methoxy groups -OCH3 is 1. The largest absolute Gasteiger partial charge is 0.497 e. The average Bonchev–Trinajstić information content (AvgIpc) is 3.04. The Labute approximate surface area is 268 Å². The summed E-state index contributed by atoms with van der Waals surface area (Å²) in [5.41, 5.74) is 1.56. The molecule has 4 aromatic carbocycles. The number of amides is 2. The maximum atomic E-state index is 14.4. The van der Waals surface area contributed by atoms with Crippen LogP contribution in [0.1, 0.15) is 18.1 Å². The van der Waals surface area contributed by atoms with Gasteiger partial charge in [-0.2, -0.15) is 0 Å². The van der Waals surface area contributed by atoms with Gasteiger partial charge in [0.25, 0.3) is 10.0 Å². The van der Waals surface area contributed by atoms with Crippen LogP contribution < -0.4 is 14.4 Å². The minimum atomic E-state index is -4.30. The minimum absolute atomic E-state index is 0.00711. The fraction of sp³-hybridized carbons (Fsp3) is 0.212. The van der Waals surface area contributed by atoms with Crippen LogP contribution in [0.3, 0.4) is 0 Å². The predicted molar refractivity (Wildman–Crippen MR) is 174 cm³/mol. The molecule has 1 N–H and O–H groups in total. The summed E-state index contributed by atoms with van der Waals surface area (Å²) in [6, 6.07) is 27.8. The van der Waals surface area contributed by atoms with E-state index in [-0.39, 0.29) is 39.5 Å². The standard InChI is InChI=1S/C33H33Cl2N3O5S/c1-3-36-33(40)30(21-24-12-6-4-7-13-24)37(22-25-14-10-15-26(20-25)43-2)31(39)23-38(29-19-11-18-28(34)32(29)35)44(41,42)27-16-8-5-9-17-27/h4-20,30H,3,21-23H2,1-2H3,(H,36,40). The zero-order valence-corrected chi connectivity index (χ0v) is 26.6. The fourth-order valence-corrected chi connectivity index (χ4v) is 6.63. The quantitative estimate of drug-likeness (QED) is 0.192. The summed E-state index contributed by atoms with van der Waals surface area (Å²) in [4.78, 5) is 29.4. The number of anilines is 1. The van der Waals surface area contributed by atoms with Crippen molar-refractivity contribution in [2.24, 2.45) is 0 Å². The molecule has 230 valence electrons. The molecule has 4 aromatic rings. The molecule has 1 atom stereocenters. The number of carbonyl (C=O) groups excluding carboxylic acids is 2. The normalized spacial score (nSPS) is 11.8. The van der Waals surface area contributed by atoms with Crippen LogP contribution in [0.25, 0.3) is 0 Å². The van der Waals surface area contributed by atoms with E-state index in [1.54, 1.807) is 49.4 Å². The maximum absolute atomic E-state index is 14.4. The van der Waals surface area contributed by atoms with Gasteiger partial charge >= 0.3 is 0 Å². The Bertz CT molecular complexity index is 1690. The molecule has 0 radical (unpaired) electrons. The summed E-state index contributed by atoms with van der Waals surface area (Å²) in [7, 11) is -2.76. The van der Waals surface area contributed by atoms with Gasteiger partial charge in [0.2, 0.25) is 11.8 Å². The second kappa shape index (κ2) is 15.1. The summed E-state index contributed by atoms with van der Waals surface area (Å²) < 4.78 is 34.4. The molecule has 11 heteroatoms. The van der Waals surface area contributed by atoms with Gasteiger partial charge in [-0.05, 0) is 54.4 Å². The van der Waals surface area contributed by atoms with Gasteiger partial charge < -0.3 is 15.0 Å². The number of hydrogen-bond acceptors (Lipinski definition) is 5. The van der Waals surface area contributed by atoms with Crippen LogP contribution in [-0.4, -0.2) is 51.4 Å². The molecule has 0 aliphatic heterocycles. The molecular formula is C33H33Cl2N3O5S. The monoisotopic (exact) mass is 653 g/mol. The molecule has 0 aliphatic carbocycles. The lowest BCUT2D eigenvalue weighted by Gasteiger charge is -2.34. The topological polar surface area (TPSA) is 96.0 Å². The molecule has 0 saturated carbocycles. The van der Waals surface area contributed by atoms with E-state index in [0.717, 1.165) is 9.87 Å². The number of likely N-dealkylation sites (N-methyl/N-ethyl adjacent to an activating group) is 1. The molecule has 8 nitrogen and oxygen atoms in total. The van der Waals surface area contributed by atoms with Gasteiger partial charge in [0, 0.05) is 19.5 Å². The first-order chi connectivity index (χ1) is 21.1. The third-order valence-corrected chi connectivity index (χ3v) is 9.50. The van der Waals surface area contributed by atoms with Crippen LogP contribution in [0.4, 0.5) is 5.69 Å². The Hall–Kier alpha value is -4.05. The summed E-state index contributed by atoms with van der Waals surface area (Å²) in [6.45, 7) is 1.50. The summed E-state index contributed by atoms with van der Waals surface area (Å²) in [5, 5.41) is 2.94. The average molecular weight is 655 g/mol. The molecule has 4 rings (SSSR count). The molecule has 0 fully saturated rings. The van der Waals surface area contributed by atoms with Crippen molar-refractivity contribution in [3.63, 3.8) is 0 Å². The lowest BCUT2D eigenvalue weighted by Crippen LogP contribution is -2.53. The Balaban J connectivity index is 1.83. The van der Waals surface area contributed by atoms with Crippen LogP contribution >= 0.6 is 23.2 Å². The van der Waals surface area contributed by atoms with E-state index in [2.05, 4.69) is 5.32 Å². The van der Waals surface area contributed by atoms with Gasteiger partial charge in [-0.3, -0.25) is 13.9 Å². The number of benzene rings is 4. The van der Waals surface area contributed by atoms with Gasteiger partial charge in [0.05, 0.1) is 27.7 Å². The lowest BCUT2D eigenvalue weighted by molar-refractivity contribution is -0.140. The van der Waals surface area contributed by atoms with Crippen molar-refractivity contribution >= 4 is 50.7 Å².